The Morgan fingerprint density at radius 3 is 2.97 bits per heavy atom. The van der Waals surface area contributed by atoms with E-state index in [4.69, 9.17) is 4.74 Å². The summed E-state index contributed by atoms with van der Waals surface area (Å²) in [6, 6.07) is 10.0. The van der Waals surface area contributed by atoms with Crippen LogP contribution in [0.15, 0.2) is 35.7 Å². The van der Waals surface area contributed by atoms with Crippen LogP contribution in [0.5, 0.6) is 0 Å². The van der Waals surface area contributed by atoms with Crippen molar-refractivity contribution in [3.8, 4) is 0 Å². The lowest BCUT2D eigenvalue weighted by Crippen LogP contribution is -2.46. The second-order valence-corrected chi connectivity index (χ2v) is 8.31. The van der Waals surface area contributed by atoms with Gasteiger partial charge in [-0.3, -0.25) is 9.69 Å². The zero-order valence-corrected chi connectivity index (χ0v) is 17.1. The molecule has 1 aromatic carbocycles. The highest BCUT2D eigenvalue weighted by Gasteiger charge is 2.29. The van der Waals surface area contributed by atoms with E-state index in [1.807, 2.05) is 35.7 Å². The van der Waals surface area contributed by atoms with Crippen molar-refractivity contribution in [1.29, 1.82) is 0 Å². The molecule has 3 amide bonds. The van der Waals surface area contributed by atoms with Gasteiger partial charge in [0.2, 0.25) is 5.91 Å². The van der Waals surface area contributed by atoms with Crippen molar-refractivity contribution in [2.24, 2.45) is 0 Å². The van der Waals surface area contributed by atoms with Gasteiger partial charge in [-0.15, -0.1) is 11.3 Å². The summed E-state index contributed by atoms with van der Waals surface area (Å²) >= 11 is 1.40. The molecule has 0 radical (unpaired) electrons. The van der Waals surface area contributed by atoms with E-state index < -0.39 is 0 Å². The molecule has 1 saturated heterocycles. The van der Waals surface area contributed by atoms with Gasteiger partial charge in [-0.05, 0) is 31.2 Å². The highest BCUT2D eigenvalue weighted by Crippen LogP contribution is 2.25. The number of thiazole rings is 1. The van der Waals surface area contributed by atoms with Gasteiger partial charge in [0.15, 0.2) is 5.13 Å². The molecule has 1 aliphatic carbocycles. The molecule has 2 unspecified atom stereocenters. The number of hydrogen-bond donors (Lipinski definition) is 2. The molecular formula is C21H26N4O3S. The van der Waals surface area contributed by atoms with Crippen LogP contribution in [0.3, 0.4) is 0 Å². The number of rotatable bonds is 7. The zero-order chi connectivity index (χ0) is 20.1. The molecule has 154 valence electrons. The van der Waals surface area contributed by atoms with Crippen molar-refractivity contribution in [3.63, 3.8) is 0 Å². The van der Waals surface area contributed by atoms with Crippen molar-refractivity contribution >= 4 is 28.4 Å². The molecular weight excluding hydrogens is 388 g/mol. The smallest absolute Gasteiger partial charge is 0.323 e. The van der Waals surface area contributed by atoms with E-state index in [0.29, 0.717) is 30.5 Å². The summed E-state index contributed by atoms with van der Waals surface area (Å²) in [5, 5.41) is 8.44. The van der Waals surface area contributed by atoms with Crippen LogP contribution in [0.4, 0.5) is 9.93 Å². The number of anilines is 1. The van der Waals surface area contributed by atoms with E-state index in [2.05, 4.69) is 15.6 Å². The predicted octanol–water partition coefficient (Wildman–Crippen LogP) is 2.86. The number of nitrogens with one attached hydrogen (secondary N) is 2. The first-order valence-electron chi connectivity index (χ1n) is 10.1. The first-order chi connectivity index (χ1) is 14.2. The van der Waals surface area contributed by atoms with E-state index >= 15 is 0 Å². The van der Waals surface area contributed by atoms with Crippen molar-refractivity contribution in [2.45, 2.75) is 50.9 Å². The van der Waals surface area contributed by atoms with Crippen LogP contribution in [0.2, 0.25) is 0 Å². The molecule has 2 heterocycles. The highest BCUT2D eigenvalue weighted by molar-refractivity contribution is 7.14. The molecule has 0 spiro atoms. The number of ether oxygens (including phenoxy) is 1. The van der Waals surface area contributed by atoms with Crippen LogP contribution in [-0.4, -0.2) is 42.2 Å². The average Bonchev–Trinajstić information content (AvgIpc) is 3.37. The topological polar surface area (TPSA) is 83.6 Å². The second kappa shape index (κ2) is 9.37. The molecule has 2 aliphatic rings. The molecule has 1 aliphatic heterocycles. The normalized spacial score (nSPS) is 21.8. The van der Waals surface area contributed by atoms with E-state index in [1.165, 1.54) is 11.3 Å². The van der Waals surface area contributed by atoms with E-state index in [1.54, 1.807) is 4.90 Å². The van der Waals surface area contributed by atoms with Gasteiger partial charge in [-0.25, -0.2) is 9.78 Å². The number of urea groups is 1. The Hall–Kier alpha value is -2.45. The minimum absolute atomic E-state index is 0.0391. The molecule has 29 heavy (non-hydrogen) atoms. The van der Waals surface area contributed by atoms with Crippen molar-refractivity contribution in [1.82, 2.24) is 15.6 Å². The van der Waals surface area contributed by atoms with Crippen molar-refractivity contribution in [3.05, 3.63) is 47.0 Å². The number of amides is 3. The summed E-state index contributed by atoms with van der Waals surface area (Å²) in [6.45, 7) is 1.92. The lowest BCUT2D eigenvalue weighted by Gasteiger charge is -2.24. The van der Waals surface area contributed by atoms with Crippen LogP contribution in [0.25, 0.3) is 0 Å². The molecule has 4 rings (SSSR count). The SMILES string of the molecule is O=C(Cc1csc(N2CCCNC2=O)n1)NC1CCCC1OCc1ccccc1. The molecule has 2 fully saturated rings. The maximum atomic E-state index is 12.5. The van der Waals surface area contributed by atoms with Crippen LogP contribution < -0.4 is 15.5 Å². The highest BCUT2D eigenvalue weighted by atomic mass is 32.1. The van der Waals surface area contributed by atoms with Gasteiger partial charge in [-0.2, -0.15) is 0 Å². The van der Waals surface area contributed by atoms with Gasteiger partial charge in [0.1, 0.15) is 0 Å². The Labute approximate surface area is 174 Å². The number of carbonyl (C=O) groups excluding carboxylic acids is 2. The maximum Gasteiger partial charge on any atom is 0.323 e. The van der Waals surface area contributed by atoms with E-state index in [9.17, 15) is 9.59 Å². The Kier molecular flexibility index (Phi) is 6.41. The summed E-state index contributed by atoms with van der Waals surface area (Å²) in [4.78, 5) is 30.6. The molecule has 2 aromatic rings. The number of nitrogens with zero attached hydrogens (tertiary/aromatic N) is 2. The van der Waals surface area contributed by atoms with Gasteiger partial charge in [0, 0.05) is 18.5 Å². The summed E-state index contributed by atoms with van der Waals surface area (Å²) in [7, 11) is 0. The fourth-order valence-electron chi connectivity index (χ4n) is 3.80. The lowest BCUT2D eigenvalue weighted by molar-refractivity contribution is -0.122. The largest absolute Gasteiger partial charge is 0.371 e. The Morgan fingerprint density at radius 2 is 2.14 bits per heavy atom. The van der Waals surface area contributed by atoms with Gasteiger partial charge < -0.3 is 15.4 Å². The van der Waals surface area contributed by atoms with Crippen molar-refractivity contribution in [2.75, 3.05) is 18.0 Å². The summed E-state index contributed by atoms with van der Waals surface area (Å²) in [5.41, 5.74) is 1.84. The van der Waals surface area contributed by atoms with Gasteiger partial charge in [-0.1, -0.05) is 30.3 Å². The number of benzene rings is 1. The standard InChI is InChI=1S/C21H26N4O3S/c26-19(12-16-14-29-21(23-16)25-11-5-10-22-20(25)27)24-17-8-4-9-18(17)28-13-15-6-2-1-3-7-15/h1-3,6-7,14,17-18H,4-5,8-13H2,(H,22,27)(H,24,26). The molecule has 2 atom stereocenters. The molecule has 1 saturated carbocycles. The van der Waals surface area contributed by atoms with Crippen LogP contribution in [0.1, 0.15) is 36.9 Å². The third-order valence-electron chi connectivity index (χ3n) is 5.30. The van der Waals surface area contributed by atoms with Gasteiger partial charge in [0.25, 0.3) is 0 Å². The first kappa shape index (κ1) is 19.8. The monoisotopic (exact) mass is 414 g/mol. The second-order valence-electron chi connectivity index (χ2n) is 7.48. The number of carbonyl (C=O) groups is 2. The fourth-order valence-corrected chi connectivity index (χ4v) is 4.65. The van der Waals surface area contributed by atoms with Crippen LogP contribution >= 0.6 is 11.3 Å². The summed E-state index contributed by atoms with van der Waals surface area (Å²) in [5.74, 6) is -0.0508. The maximum absolute atomic E-state index is 12.5. The minimum Gasteiger partial charge on any atom is -0.371 e. The van der Waals surface area contributed by atoms with E-state index in [-0.39, 0.29) is 30.5 Å². The molecule has 8 heteroatoms. The number of aromatic nitrogens is 1. The summed E-state index contributed by atoms with van der Waals surface area (Å²) in [6.07, 6.45) is 4.10. The predicted molar refractivity (Wildman–Crippen MR) is 112 cm³/mol. The van der Waals surface area contributed by atoms with Crippen LogP contribution in [0, 0.1) is 0 Å². The van der Waals surface area contributed by atoms with Crippen LogP contribution in [-0.2, 0) is 22.6 Å². The Morgan fingerprint density at radius 1 is 1.28 bits per heavy atom. The average molecular weight is 415 g/mol. The van der Waals surface area contributed by atoms with Crippen molar-refractivity contribution < 1.29 is 14.3 Å². The molecule has 0 bridgehead atoms. The fraction of sp³-hybridized carbons (Fsp3) is 0.476. The third-order valence-corrected chi connectivity index (χ3v) is 6.21. The third kappa shape index (κ3) is 5.13. The zero-order valence-electron chi connectivity index (χ0n) is 16.3. The number of hydrogen-bond acceptors (Lipinski definition) is 5. The molecule has 7 nitrogen and oxygen atoms in total. The molecule has 1 aromatic heterocycles. The Balaban J connectivity index is 1.28. The first-order valence-corrected chi connectivity index (χ1v) is 11.0. The minimum atomic E-state index is -0.119. The quantitative estimate of drug-likeness (QED) is 0.730. The molecule has 2 N–H and O–H groups in total. The lowest BCUT2D eigenvalue weighted by atomic mass is 10.2. The van der Waals surface area contributed by atoms with Gasteiger partial charge in [0.05, 0.1) is 30.9 Å². The Bertz CT molecular complexity index is 841. The summed E-state index contributed by atoms with van der Waals surface area (Å²) < 4.78 is 6.07. The van der Waals surface area contributed by atoms with Gasteiger partial charge >= 0.3 is 6.03 Å². The van der Waals surface area contributed by atoms with E-state index in [0.717, 1.165) is 31.2 Å².